The number of aliphatic hydroxyl groups is 1. The summed E-state index contributed by atoms with van der Waals surface area (Å²) in [7, 11) is -3.73. The number of sulfonamides is 1. The SMILES string of the molecule is CCOc1ccc(NC(=O)CN(CCO)C2CC2)cc1S(=O)(=O)N(CC)CC. The van der Waals surface area contributed by atoms with E-state index in [-0.39, 0.29) is 29.7 Å². The number of rotatable bonds is 12. The fourth-order valence-electron chi connectivity index (χ4n) is 3.11. The minimum atomic E-state index is -3.73. The molecule has 0 radical (unpaired) electrons. The quantitative estimate of drug-likeness (QED) is 0.539. The molecular formula is C19H31N3O5S. The van der Waals surface area contributed by atoms with E-state index in [0.717, 1.165) is 12.8 Å². The van der Waals surface area contributed by atoms with Crippen LogP contribution in [0.25, 0.3) is 0 Å². The van der Waals surface area contributed by atoms with Crippen molar-refractivity contribution in [1.82, 2.24) is 9.21 Å². The number of anilines is 1. The lowest BCUT2D eigenvalue weighted by Gasteiger charge is -2.22. The Morgan fingerprint density at radius 3 is 2.46 bits per heavy atom. The molecule has 1 aliphatic rings. The zero-order valence-electron chi connectivity index (χ0n) is 16.8. The molecule has 1 saturated carbocycles. The molecule has 1 aromatic rings. The molecule has 28 heavy (non-hydrogen) atoms. The van der Waals surface area contributed by atoms with Gasteiger partial charge in [0.15, 0.2) is 0 Å². The molecule has 0 unspecified atom stereocenters. The van der Waals surface area contributed by atoms with E-state index in [1.807, 2.05) is 4.90 Å². The van der Waals surface area contributed by atoms with Crippen molar-refractivity contribution in [2.45, 2.75) is 44.6 Å². The van der Waals surface area contributed by atoms with Gasteiger partial charge < -0.3 is 15.2 Å². The minimum Gasteiger partial charge on any atom is -0.492 e. The number of ether oxygens (including phenoxy) is 1. The Balaban J connectivity index is 2.22. The van der Waals surface area contributed by atoms with Crippen molar-refractivity contribution >= 4 is 21.6 Å². The first-order chi connectivity index (χ1) is 13.4. The maximum absolute atomic E-state index is 13.0. The monoisotopic (exact) mass is 413 g/mol. The van der Waals surface area contributed by atoms with Gasteiger partial charge in [-0.1, -0.05) is 13.8 Å². The van der Waals surface area contributed by atoms with E-state index < -0.39 is 10.0 Å². The number of benzene rings is 1. The average Bonchev–Trinajstić information content (AvgIpc) is 3.48. The summed E-state index contributed by atoms with van der Waals surface area (Å²) in [4.78, 5) is 14.4. The van der Waals surface area contributed by atoms with Crippen LogP contribution < -0.4 is 10.1 Å². The summed E-state index contributed by atoms with van der Waals surface area (Å²) >= 11 is 0. The number of hydrogen-bond acceptors (Lipinski definition) is 6. The Labute approximate surface area is 167 Å². The maximum Gasteiger partial charge on any atom is 0.246 e. The summed E-state index contributed by atoms with van der Waals surface area (Å²) in [5.41, 5.74) is 0.402. The maximum atomic E-state index is 13.0. The Morgan fingerprint density at radius 1 is 1.25 bits per heavy atom. The molecule has 1 fully saturated rings. The second-order valence-electron chi connectivity index (χ2n) is 6.66. The van der Waals surface area contributed by atoms with E-state index in [9.17, 15) is 13.2 Å². The Hall–Kier alpha value is -1.68. The van der Waals surface area contributed by atoms with Gasteiger partial charge in [0.2, 0.25) is 15.9 Å². The average molecular weight is 414 g/mol. The molecule has 1 amide bonds. The first kappa shape index (κ1) is 22.6. The van der Waals surface area contributed by atoms with Crippen molar-refractivity contribution < 1.29 is 23.1 Å². The Morgan fingerprint density at radius 2 is 1.93 bits per heavy atom. The predicted octanol–water partition coefficient (Wildman–Crippen LogP) is 1.51. The van der Waals surface area contributed by atoms with Crippen LogP contribution in [0.15, 0.2) is 23.1 Å². The minimum absolute atomic E-state index is 0.000897. The fraction of sp³-hybridized carbons (Fsp3) is 0.632. The summed E-state index contributed by atoms with van der Waals surface area (Å²) in [5.74, 6) is 0.0305. The molecule has 2 rings (SSSR count). The lowest BCUT2D eigenvalue weighted by molar-refractivity contribution is -0.117. The largest absolute Gasteiger partial charge is 0.492 e. The molecule has 2 N–H and O–H groups in total. The summed E-state index contributed by atoms with van der Waals surface area (Å²) in [6, 6.07) is 5.00. The standard InChI is InChI=1S/C19H31N3O5S/c1-4-22(5-2)28(25,26)18-13-15(7-10-17(18)27-6-3)20-19(24)14-21(11-12-23)16-8-9-16/h7,10,13,16,23H,4-6,8-9,11-12,14H2,1-3H3,(H,20,24). The molecule has 0 saturated heterocycles. The second-order valence-corrected chi connectivity index (χ2v) is 8.56. The van der Waals surface area contributed by atoms with Crippen molar-refractivity contribution in [3.63, 3.8) is 0 Å². The van der Waals surface area contributed by atoms with Gasteiger partial charge in [0.25, 0.3) is 0 Å². The van der Waals surface area contributed by atoms with E-state index in [1.54, 1.807) is 32.9 Å². The van der Waals surface area contributed by atoms with Crippen molar-refractivity contribution in [3.05, 3.63) is 18.2 Å². The summed E-state index contributed by atoms with van der Waals surface area (Å²) < 4.78 is 32.8. The highest BCUT2D eigenvalue weighted by Crippen LogP contribution is 2.30. The topological polar surface area (TPSA) is 99.2 Å². The van der Waals surface area contributed by atoms with Crippen molar-refractivity contribution in [2.75, 3.05) is 44.7 Å². The van der Waals surface area contributed by atoms with Crippen LogP contribution in [0.2, 0.25) is 0 Å². The number of aliphatic hydroxyl groups excluding tert-OH is 1. The van der Waals surface area contributed by atoms with Crippen LogP contribution in [0.4, 0.5) is 5.69 Å². The molecule has 0 bridgehead atoms. The molecule has 1 aliphatic carbocycles. The number of carbonyl (C=O) groups excluding carboxylic acids is 1. The first-order valence-corrected chi connectivity index (χ1v) is 11.2. The highest BCUT2D eigenvalue weighted by atomic mass is 32.2. The van der Waals surface area contributed by atoms with Crippen molar-refractivity contribution in [3.8, 4) is 5.75 Å². The molecule has 1 aromatic carbocycles. The normalized spacial score (nSPS) is 14.5. The molecule has 0 atom stereocenters. The van der Waals surface area contributed by atoms with Crippen LogP contribution in [-0.4, -0.2) is 74.1 Å². The van der Waals surface area contributed by atoms with E-state index in [0.29, 0.717) is 38.0 Å². The molecular weight excluding hydrogens is 382 g/mol. The first-order valence-electron chi connectivity index (χ1n) is 9.79. The van der Waals surface area contributed by atoms with E-state index >= 15 is 0 Å². The van der Waals surface area contributed by atoms with Gasteiger partial charge in [-0.25, -0.2) is 8.42 Å². The fourth-order valence-corrected chi connectivity index (χ4v) is 4.72. The third kappa shape index (κ3) is 5.66. The summed E-state index contributed by atoms with van der Waals surface area (Å²) in [6.07, 6.45) is 2.06. The number of nitrogens with one attached hydrogen (secondary N) is 1. The van der Waals surface area contributed by atoms with Gasteiger partial charge in [-0.05, 0) is 38.0 Å². The summed E-state index contributed by atoms with van der Waals surface area (Å²) in [6.45, 7) is 6.98. The zero-order valence-corrected chi connectivity index (χ0v) is 17.7. The van der Waals surface area contributed by atoms with Gasteiger partial charge in [0, 0.05) is 31.4 Å². The van der Waals surface area contributed by atoms with Crippen LogP contribution in [-0.2, 0) is 14.8 Å². The number of amides is 1. The van der Waals surface area contributed by atoms with E-state index in [4.69, 9.17) is 9.84 Å². The van der Waals surface area contributed by atoms with Crippen molar-refractivity contribution in [2.24, 2.45) is 0 Å². The molecule has 0 aromatic heterocycles. The number of hydrogen-bond donors (Lipinski definition) is 2. The molecule has 0 heterocycles. The number of nitrogens with zero attached hydrogens (tertiary/aromatic N) is 2. The van der Waals surface area contributed by atoms with E-state index in [2.05, 4.69) is 5.32 Å². The van der Waals surface area contributed by atoms with E-state index in [1.165, 1.54) is 10.4 Å². The van der Waals surface area contributed by atoms with Gasteiger partial charge in [-0.2, -0.15) is 4.31 Å². The lowest BCUT2D eigenvalue weighted by Crippen LogP contribution is -2.36. The molecule has 0 spiro atoms. The summed E-state index contributed by atoms with van der Waals surface area (Å²) in [5, 5.41) is 11.9. The third-order valence-corrected chi connectivity index (χ3v) is 6.72. The van der Waals surface area contributed by atoms with Crippen LogP contribution in [0.1, 0.15) is 33.6 Å². The van der Waals surface area contributed by atoms with Gasteiger partial charge in [-0.3, -0.25) is 9.69 Å². The highest BCUT2D eigenvalue weighted by Gasteiger charge is 2.30. The van der Waals surface area contributed by atoms with Gasteiger partial charge in [0.1, 0.15) is 10.6 Å². The second kappa shape index (κ2) is 10.2. The van der Waals surface area contributed by atoms with Crippen LogP contribution in [0.3, 0.4) is 0 Å². The Kier molecular flexibility index (Phi) is 8.23. The van der Waals surface area contributed by atoms with Crippen LogP contribution in [0.5, 0.6) is 5.75 Å². The van der Waals surface area contributed by atoms with Gasteiger partial charge in [0.05, 0.1) is 19.8 Å². The molecule has 9 heteroatoms. The molecule has 0 aliphatic heterocycles. The Bertz CT molecular complexity index is 761. The van der Waals surface area contributed by atoms with Crippen LogP contribution >= 0.6 is 0 Å². The smallest absolute Gasteiger partial charge is 0.246 e. The molecule has 158 valence electrons. The van der Waals surface area contributed by atoms with Gasteiger partial charge >= 0.3 is 0 Å². The zero-order chi connectivity index (χ0) is 20.7. The predicted molar refractivity (Wildman–Crippen MR) is 108 cm³/mol. The highest BCUT2D eigenvalue weighted by molar-refractivity contribution is 7.89. The van der Waals surface area contributed by atoms with Crippen LogP contribution in [0, 0.1) is 0 Å². The lowest BCUT2D eigenvalue weighted by atomic mass is 10.3. The van der Waals surface area contributed by atoms with Crippen molar-refractivity contribution in [1.29, 1.82) is 0 Å². The van der Waals surface area contributed by atoms with Gasteiger partial charge in [-0.15, -0.1) is 0 Å². The molecule has 8 nitrogen and oxygen atoms in total. The third-order valence-electron chi connectivity index (χ3n) is 4.65. The number of carbonyl (C=O) groups is 1.